The quantitative estimate of drug-likeness (QED) is 0.577. The molecule has 0 aliphatic heterocycles. The van der Waals surface area contributed by atoms with Crippen LogP contribution in [-0.2, 0) is 0 Å². The summed E-state index contributed by atoms with van der Waals surface area (Å²) >= 11 is 6.94. The van der Waals surface area contributed by atoms with Gasteiger partial charge < -0.3 is 10.3 Å². The second-order valence-electron chi connectivity index (χ2n) is 5.27. The summed E-state index contributed by atoms with van der Waals surface area (Å²) in [6, 6.07) is 12.5. The molecule has 0 bridgehead atoms. The fourth-order valence-electron chi connectivity index (χ4n) is 2.48. The van der Waals surface area contributed by atoms with E-state index < -0.39 is 0 Å². The summed E-state index contributed by atoms with van der Waals surface area (Å²) in [5, 5.41) is 0. The fraction of sp³-hybridized carbons (Fsp3) is 0.188. The summed E-state index contributed by atoms with van der Waals surface area (Å²) in [7, 11) is 0. The first-order valence-electron chi connectivity index (χ1n) is 6.70. The largest absolute Gasteiger partial charge is 0.398 e. The SMILES string of the molecule is CC(C)n1c(-c2ccc(Br)c(N)c2)nc2cc(Br)ccc21. The third-order valence-electron chi connectivity index (χ3n) is 3.42. The van der Waals surface area contributed by atoms with Crippen LogP contribution in [0.2, 0.25) is 0 Å². The molecule has 2 aromatic carbocycles. The van der Waals surface area contributed by atoms with Gasteiger partial charge in [-0.2, -0.15) is 0 Å². The van der Waals surface area contributed by atoms with Crippen LogP contribution in [0.5, 0.6) is 0 Å². The fourth-order valence-corrected chi connectivity index (χ4v) is 3.08. The highest BCUT2D eigenvalue weighted by atomic mass is 79.9. The van der Waals surface area contributed by atoms with E-state index >= 15 is 0 Å². The van der Waals surface area contributed by atoms with Crippen molar-refractivity contribution in [3.8, 4) is 11.4 Å². The molecule has 0 unspecified atom stereocenters. The Labute approximate surface area is 140 Å². The predicted octanol–water partition coefficient (Wildman–Crippen LogP) is 5.39. The van der Waals surface area contributed by atoms with E-state index in [0.717, 1.165) is 37.1 Å². The molecule has 1 aromatic heterocycles. The number of nitrogen functional groups attached to an aromatic ring is 1. The minimum absolute atomic E-state index is 0.316. The van der Waals surface area contributed by atoms with Gasteiger partial charge in [0.25, 0.3) is 0 Å². The van der Waals surface area contributed by atoms with Gasteiger partial charge in [0.1, 0.15) is 5.82 Å². The number of nitrogens with two attached hydrogens (primary N) is 1. The van der Waals surface area contributed by atoms with Crippen molar-refractivity contribution in [1.82, 2.24) is 9.55 Å². The highest BCUT2D eigenvalue weighted by Crippen LogP contribution is 2.32. The van der Waals surface area contributed by atoms with Crippen LogP contribution in [0, 0.1) is 0 Å². The summed E-state index contributed by atoms with van der Waals surface area (Å²) in [6.45, 7) is 4.32. The summed E-state index contributed by atoms with van der Waals surface area (Å²) in [6.07, 6.45) is 0. The molecule has 0 spiro atoms. The van der Waals surface area contributed by atoms with Gasteiger partial charge in [0.15, 0.2) is 0 Å². The Morgan fingerprint density at radius 2 is 1.86 bits per heavy atom. The number of hydrogen-bond acceptors (Lipinski definition) is 2. The normalized spacial score (nSPS) is 11.5. The molecule has 1 heterocycles. The smallest absolute Gasteiger partial charge is 0.141 e. The van der Waals surface area contributed by atoms with Crippen molar-refractivity contribution >= 4 is 48.6 Å². The molecule has 2 N–H and O–H groups in total. The molecule has 3 nitrogen and oxygen atoms in total. The second kappa shape index (κ2) is 5.46. The van der Waals surface area contributed by atoms with E-state index in [2.05, 4.69) is 56.3 Å². The van der Waals surface area contributed by atoms with Gasteiger partial charge >= 0.3 is 0 Å². The van der Waals surface area contributed by atoms with Gasteiger partial charge in [0.05, 0.1) is 11.0 Å². The van der Waals surface area contributed by atoms with Crippen molar-refractivity contribution in [2.24, 2.45) is 0 Å². The van der Waals surface area contributed by atoms with Gasteiger partial charge in [0, 0.05) is 26.2 Å². The van der Waals surface area contributed by atoms with Gasteiger partial charge in [-0.15, -0.1) is 0 Å². The number of fused-ring (bicyclic) bond motifs is 1. The average molecular weight is 409 g/mol. The van der Waals surface area contributed by atoms with Crippen LogP contribution in [0.3, 0.4) is 0 Å². The third-order valence-corrected chi connectivity index (χ3v) is 4.64. The lowest BCUT2D eigenvalue weighted by atomic mass is 10.2. The first-order valence-corrected chi connectivity index (χ1v) is 8.29. The number of anilines is 1. The summed E-state index contributed by atoms with van der Waals surface area (Å²) < 4.78 is 4.18. The zero-order valence-corrected chi connectivity index (χ0v) is 14.9. The Bertz CT molecular complexity index is 822. The number of hydrogen-bond donors (Lipinski definition) is 1. The number of imidazole rings is 1. The van der Waals surface area contributed by atoms with Crippen molar-refractivity contribution in [1.29, 1.82) is 0 Å². The van der Waals surface area contributed by atoms with Gasteiger partial charge in [-0.1, -0.05) is 15.9 Å². The topological polar surface area (TPSA) is 43.8 Å². The lowest BCUT2D eigenvalue weighted by molar-refractivity contribution is 0.624. The molecule has 3 aromatic rings. The maximum absolute atomic E-state index is 6.01. The predicted molar refractivity (Wildman–Crippen MR) is 95.4 cm³/mol. The molecule has 0 amide bonds. The average Bonchev–Trinajstić information content (AvgIpc) is 2.80. The minimum atomic E-state index is 0.316. The Balaban J connectivity index is 2.30. The van der Waals surface area contributed by atoms with E-state index in [9.17, 15) is 0 Å². The molecule has 3 rings (SSSR count). The molecule has 0 fully saturated rings. The van der Waals surface area contributed by atoms with Crippen LogP contribution in [0.4, 0.5) is 5.69 Å². The van der Waals surface area contributed by atoms with Crippen molar-refractivity contribution in [3.05, 3.63) is 45.3 Å². The standard InChI is InChI=1S/C16H15Br2N3/c1-9(2)21-15-6-4-11(17)8-14(15)20-16(21)10-3-5-12(18)13(19)7-10/h3-9H,19H2,1-2H3. The molecule has 0 aliphatic carbocycles. The summed E-state index contributed by atoms with van der Waals surface area (Å²) in [5.74, 6) is 0.942. The van der Waals surface area contributed by atoms with E-state index in [1.807, 2.05) is 30.3 Å². The maximum Gasteiger partial charge on any atom is 0.141 e. The Morgan fingerprint density at radius 1 is 1.10 bits per heavy atom. The molecule has 0 atom stereocenters. The van der Waals surface area contributed by atoms with Gasteiger partial charge in [-0.3, -0.25) is 0 Å². The molecule has 0 radical (unpaired) electrons. The number of halogens is 2. The molecule has 0 aliphatic rings. The number of nitrogens with zero attached hydrogens (tertiary/aromatic N) is 2. The van der Waals surface area contributed by atoms with Crippen LogP contribution in [-0.4, -0.2) is 9.55 Å². The molecule has 0 saturated heterocycles. The van der Waals surface area contributed by atoms with Crippen LogP contribution in [0.25, 0.3) is 22.4 Å². The zero-order chi connectivity index (χ0) is 15.1. The van der Waals surface area contributed by atoms with Gasteiger partial charge in [-0.05, 0) is 66.2 Å². The highest BCUT2D eigenvalue weighted by molar-refractivity contribution is 9.10. The summed E-state index contributed by atoms with van der Waals surface area (Å²) in [5.41, 5.74) is 9.86. The molecular formula is C16H15Br2N3. The first-order chi connectivity index (χ1) is 9.97. The number of rotatable bonds is 2. The number of benzene rings is 2. The molecule has 21 heavy (non-hydrogen) atoms. The van der Waals surface area contributed by atoms with Gasteiger partial charge in [0.2, 0.25) is 0 Å². The van der Waals surface area contributed by atoms with Crippen molar-refractivity contribution in [2.45, 2.75) is 19.9 Å². The maximum atomic E-state index is 6.01. The number of aromatic nitrogens is 2. The van der Waals surface area contributed by atoms with E-state index in [0.29, 0.717) is 6.04 Å². The second-order valence-corrected chi connectivity index (χ2v) is 7.04. The lowest BCUT2D eigenvalue weighted by Gasteiger charge is -2.13. The van der Waals surface area contributed by atoms with E-state index in [-0.39, 0.29) is 0 Å². The Hall–Kier alpha value is -1.33. The van der Waals surface area contributed by atoms with Crippen molar-refractivity contribution in [3.63, 3.8) is 0 Å². The van der Waals surface area contributed by atoms with E-state index in [1.165, 1.54) is 0 Å². The summed E-state index contributed by atoms with van der Waals surface area (Å²) in [4.78, 5) is 4.80. The van der Waals surface area contributed by atoms with Crippen LogP contribution >= 0.6 is 31.9 Å². The lowest BCUT2D eigenvalue weighted by Crippen LogP contribution is -2.03. The molecular weight excluding hydrogens is 394 g/mol. The third kappa shape index (κ3) is 2.60. The van der Waals surface area contributed by atoms with E-state index in [4.69, 9.17) is 10.7 Å². The minimum Gasteiger partial charge on any atom is -0.398 e. The molecule has 5 heteroatoms. The highest BCUT2D eigenvalue weighted by Gasteiger charge is 2.15. The zero-order valence-electron chi connectivity index (χ0n) is 11.8. The van der Waals surface area contributed by atoms with Crippen molar-refractivity contribution < 1.29 is 0 Å². The van der Waals surface area contributed by atoms with E-state index in [1.54, 1.807) is 0 Å². The van der Waals surface area contributed by atoms with Crippen LogP contribution < -0.4 is 5.73 Å². The Morgan fingerprint density at radius 3 is 2.52 bits per heavy atom. The van der Waals surface area contributed by atoms with Crippen LogP contribution in [0.1, 0.15) is 19.9 Å². The first kappa shape index (κ1) is 14.6. The molecule has 108 valence electrons. The van der Waals surface area contributed by atoms with Crippen molar-refractivity contribution in [2.75, 3.05) is 5.73 Å². The monoisotopic (exact) mass is 407 g/mol. The molecule has 0 saturated carbocycles. The van der Waals surface area contributed by atoms with Crippen LogP contribution in [0.15, 0.2) is 45.3 Å². The Kier molecular flexibility index (Phi) is 3.80. The van der Waals surface area contributed by atoms with Gasteiger partial charge in [-0.25, -0.2) is 4.98 Å².